The fourth-order valence-electron chi connectivity index (χ4n) is 4.99. The number of hydrogen-bond acceptors (Lipinski definition) is 4. The molecule has 0 aromatic heterocycles. The van der Waals surface area contributed by atoms with E-state index in [1.165, 1.54) is 4.90 Å². The first kappa shape index (κ1) is 17.0. The molecule has 0 saturated carbocycles. The van der Waals surface area contributed by atoms with Gasteiger partial charge in [0.15, 0.2) is 5.41 Å². The lowest BCUT2D eigenvalue weighted by atomic mass is 9.68. The molecule has 2 aromatic rings. The van der Waals surface area contributed by atoms with Crippen molar-refractivity contribution in [3.05, 3.63) is 65.7 Å². The quantitative estimate of drug-likeness (QED) is 0.819. The molecule has 1 spiro atoms. The zero-order chi connectivity index (χ0) is 19.3. The molecule has 5 rings (SSSR count). The Labute approximate surface area is 163 Å². The van der Waals surface area contributed by atoms with Gasteiger partial charge >= 0.3 is 6.03 Å². The molecule has 6 nitrogen and oxygen atoms in total. The van der Waals surface area contributed by atoms with E-state index in [9.17, 15) is 14.4 Å². The summed E-state index contributed by atoms with van der Waals surface area (Å²) in [5.74, 6) is -0.838. The maximum Gasteiger partial charge on any atom is 0.331 e. The minimum atomic E-state index is -1.26. The Kier molecular flexibility index (Phi) is 3.75. The molecule has 3 aliphatic rings. The number of barbiturate groups is 1. The summed E-state index contributed by atoms with van der Waals surface area (Å²) in [6.45, 7) is 0.978. The van der Waals surface area contributed by atoms with Gasteiger partial charge in [0.25, 0.3) is 0 Å². The molecule has 0 aliphatic carbocycles. The summed E-state index contributed by atoms with van der Waals surface area (Å²) < 4.78 is 0. The SMILES string of the molecule is O=C1NC(=O)[C@@]2(Cc3ccccc3N3CCC[C@H]32)C(=O)N1Cc1ccccc1. The van der Waals surface area contributed by atoms with Crippen LogP contribution >= 0.6 is 0 Å². The number of para-hydroxylation sites is 1. The Balaban J connectivity index is 1.58. The monoisotopic (exact) mass is 375 g/mol. The van der Waals surface area contributed by atoms with Crippen LogP contribution in [-0.4, -0.2) is 35.3 Å². The molecular formula is C22H21N3O3. The van der Waals surface area contributed by atoms with Gasteiger partial charge in [-0.25, -0.2) is 4.79 Å². The van der Waals surface area contributed by atoms with Gasteiger partial charge in [-0.05, 0) is 36.5 Å². The van der Waals surface area contributed by atoms with Crippen LogP contribution in [0.4, 0.5) is 10.5 Å². The largest absolute Gasteiger partial charge is 0.367 e. The van der Waals surface area contributed by atoms with Crippen LogP contribution in [0.1, 0.15) is 24.0 Å². The molecule has 6 heteroatoms. The van der Waals surface area contributed by atoms with E-state index in [-0.39, 0.29) is 18.5 Å². The molecule has 0 unspecified atom stereocenters. The lowest BCUT2D eigenvalue weighted by molar-refractivity contribution is -0.153. The van der Waals surface area contributed by atoms with Gasteiger partial charge in [-0.1, -0.05) is 48.5 Å². The lowest BCUT2D eigenvalue weighted by Crippen LogP contribution is -2.70. The zero-order valence-corrected chi connectivity index (χ0v) is 15.4. The molecule has 2 saturated heterocycles. The first-order valence-corrected chi connectivity index (χ1v) is 9.67. The van der Waals surface area contributed by atoms with Crippen LogP contribution in [-0.2, 0) is 22.6 Å². The maximum atomic E-state index is 13.7. The van der Waals surface area contributed by atoms with Crippen LogP contribution in [0.2, 0.25) is 0 Å². The Bertz CT molecular complexity index is 974. The van der Waals surface area contributed by atoms with Crippen molar-refractivity contribution in [3.63, 3.8) is 0 Å². The van der Waals surface area contributed by atoms with E-state index in [0.717, 1.165) is 36.2 Å². The van der Waals surface area contributed by atoms with E-state index < -0.39 is 17.4 Å². The summed E-state index contributed by atoms with van der Waals surface area (Å²) in [6.07, 6.45) is 2.02. The second kappa shape index (κ2) is 6.19. The number of amides is 4. The average molecular weight is 375 g/mol. The van der Waals surface area contributed by atoms with Gasteiger partial charge < -0.3 is 4.90 Å². The number of fused-ring (bicyclic) bond motifs is 4. The van der Waals surface area contributed by atoms with Crippen molar-refractivity contribution in [1.29, 1.82) is 0 Å². The number of benzene rings is 2. The number of anilines is 1. The van der Waals surface area contributed by atoms with Crippen molar-refractivity contribution in [2.24, 2.45) is 5.41 Å². The van der Waals surface area contributed by atoms with E-state index in [2.05, 4.69) is 16.3 Å². The normalized spacial score (nSPS) is 26.3. The van der Waals surface area contributed by atoms with Gasteiger partial charge in [-0.3, -0.25) is 19.8 Å². The predicted octanol–water partition coefficient (Wildman–Crippen LogP) is 2.48. The molecule has 3 heterocycles. The van der Waals surface area contributed by atoms with E-state index in [1.807, 2.05) is 48.5 Å². The third-order valence-electron chi connectivity index (χ3n) is 6.27. The summed E-state index contributed by atoms with van der Waals surface area (Å²) in [5, 5.41) is 2.48. The molecule has 0 bridgehead atoms. The number of carbonyl (C=O) groups excluding carboxylic acids is 3. The fraction of sp³-hybridized carbons (Fsp3) is 0.318. The number of imide groups is 2. The van der Waals surface area contributed by atoms with Crippen molar-refractivity contribution >= 4 is 23.5 Å². The second-order valence-corrected chi connectivity index (χ2v) is 7.76. The molecule has 1 N–H and O–H groups in total. The second-order valence-electron chi connectivity index (χ2n) is 7.76. The van der Waals surface area contributed by atoms with Crippen molar-refractivity contribution < 1.29 is 14.4 Å². The highest BCUT2D eigenvalue weighted by Gasteiger charge is 2.62. The highest BCUT2D eigenvalue weighted by atomic mass is 16.2. The highest BCUT2D eigenvalue weighted by molar-refractivity contribution is 6.20. The topological polar surface area (TPSA) is 69.7 Å². The third-order valence-corrected chi connectivity index (χ3v) is 6.27. The summed E-state index contributed by atoms with van der Waals surface area (Å²) >= 11 is 0. The van der Waals surface area contributed by atoms with E-state index in [4.69, 9.17) is 0 Å². The zero-order valence-electron chi connectivity index (χ0n) is 15.4. The highest BCUT2D eigenvalue weighted by Crippen LogP contribution is 2.48. The standard InChI is InChI=1S/C22H21N3O3/c26-19-22(13-16-9-4-5-10-17(16)24-12-6-11-18(22)24)20(27)25(21(28)23-19)14-15-7-2-1-3-8-15/h1-5,7-10,18H,6,11-14H2,(H,23,26,28)/t18-,22-/m0/s1. The predicted molar refractivity (Wildman–Crippen MR) is 103 cm³/mol. The molecule has 2 atom stereocenters. The molecule has 142 valence electrons. The number of nitrogens with one attached hydrogen (secondary N) is 1. The minimum Gasteiger partial charge on any atom is -0.367 e. The fourth-order valence-corrected chi connectivity index (χ4v) is 4.99. The molecule has 3 aliphatic heterocycles. The first-order valence-electron chi connectivity index (χ1n) is 9.67. The van der Waals surface area contributed by atoms with E-state index in [0.29, 0.717) is 6.42 Å². The van der Waals surface area contributed by atoms with Crippen LogP contribution in [0.3, 0.4) is 0 Å². The van der Waals surface area contributed by atoms with Crippen LogP contribution in [0.25, 0.3) is 0 Å². The molecule has 0 radical (unpaired) electrons. The van der Waals surface area contributed by atoms with Gasteiger partial charge in [0.05, 0.1) is 12.6 Å². The van der Waals surface area contributed by atoms with Gasteiger partial charge in [0.1, 0.15) is 0 Å². The van der Waals surface area contributed by atoms with E-state index >= 15 is 0 Å². The number of nitrogens with zero attached hydrogens (tertiary/aromatic N) is 2. The van der Waals surface area contributed by atoms with Gasteiger partial charge in [-0.15, -0.1) is 0 Å². The minimum absolute atomic E-state index is 0.162. The Hall–Kier alpha value is -3.15. The summed E-state index contributed by atoms with van der Waals surface area (Å²) in [5.41, 5.74) is 1.68. The smallest absolute Gasteiger partial charge is 0.331 e. The molecule has 28 heavy (non-hydrogen) atoms. The maximum absolute atomic E-state index is 13.7. The number of hydrogen-bond donors (Lipinski definition) is 1. The first-order chi connectivity index (χ1) is 13.6. The third kappa shape index (κ3) is 2.30. The molecular weight excluding hydrogens is 354 g/mol. The van der Waals surface area contributed by atoms with Crippen molar-refractivity contribution in [3.8, 4) is 0 Å². The molecule has 2 aromatic carbocycles. The van der Waals surface area contributed by atoms with E-state index in [1.54, 1.807) is 0 Å². The average Bonchev–Trinajstić information content (AvgIpc) is 3.21. The van der Waals surface area contributed by atoms with Crippen LogP contribution in [0, 0.1) is 5.41 Å². The number of urea groups is 1. The Morgan fingerprint density at radius 2 is 1.75 bits per heavy atom. The van der Waals surface area contributed by atoms with Crippen LogP contribution in [0.15, 0.2) is 54.6 Å². The van der Waals surface area contributed by atoms with Crippen molar-refractivity contribution in [2.45, 2.75) is 31.8 Å². The van der Waals surface area contributed by atoms with Crippen molar-refractivity contribution in [1.82, 2.24) is 10.2 Å². The van der Waals surface area contributed by atoms with Crippen molar-refractivity contribution in [2.75, 3.05) is 11.4 Å². The van der Waals surface area contributed by atoms with Crippen LogP contribution in [0.5, 0.6) is 0 Å². The lowest BCUT2D eigenvalue weighted by Gasteiger charge is -2.49. The van der Waals surface area contributed by atoms with Gasteiger partial charge in [0, 0.05) is 12.2 Å². The molecule has 2 fully saturated rings. The van der Waals surface area contributed by atoms with Gasteiger partial charge in [0.2, 0.25) is 11.8 Å². The Morgan fingerprint density at radius 1 is 1.00 bits per heavy atom. The Morgan fingerprint density at radius 3 is 2.57 bits per heavy atom. The summed E-state index contributed by atoms with van der Waals surface area (Å²) in [4.78, 5) is 42.8. The summed E-state index contributed by atoms with van der Waals surface area (Å²) in [6, 6.07) is 16.5. The van der Waals surface area contributed by atoms with Crippen LogP contribution < -0.4 is 10.2 Å². The number of carbonyl (C=O) groups is 3. The van der Waals surface area contributed by atoms with Gasteiger partial charge in [-0.2, -0.15) is 0 Å². The summed E-state index contributed by atoms with van der Waals surface area (Å²) in [7, 11) is 0. The molecule has 4 amide bonds. The number of rotatable bonds is 2.